The third kappa shape index (κ3) is 3.30. The van der Waals surface area contributed by atoms with Crippen LogP contribution >= 0.6 is 0 Å². The van der Waals surface area contributed by atoms with E-state index in [0.717, 1.165) is 19.6 Å². The van der Waals surface area contributed by atoms with Crippen molar-refractivity contribution in [2.75, 3.05) is 19.6 Å². The number of hydrogen-bond donors (Lipinski definition) is 1. The molecule has 1 heterocycles. The molecule has 1 fully saturated rings. The molecule has 0 radical (unpaired) electrons. The zero-order valence-corrected chi connectivity index (χ0v) is 11.2. The maximum absolute atomic E-state index is 6.28. The van der Waals surface area contributed by atoms with Gasteiger partial charge in [-0.25, -0.2) is 0 Å². The summed E-state index contributed by atoms with van der Waals surface area (Å²) in [5, 5.41) is 0. The Bertz CT molecular complexity index is 353. The minimum Gasteiger partial charge on any atom is -0.326 e. The Balaban J connectivity index is 2.03. The maximum atomic E-state index is 6.28. The van der Waals surface area contributed by atoms with Crippen LogP contribution in [0.4, 0.5) is 0 Å². The van der Waals surface area contributed by atoms with Crippen LogP contribution in [0.25, 0.3) is 0 Å². The fraction of sp³-hybridized carbons (Fsp3) is 0.600. The first-order chi connectivity index (χ1) is 7.96. The summed E-state index contributed by atoms with van der Waals surface area (Å²) in [6, 6.07) is 11.0. The van der Waals surface area contributed by atoms with Gasteiger partial charge in [-0.1, -0.05) is 51.1 Å². The van der Waals surface area contributed by atoms with Crippen LogP contribution in [0.15, 0.2) is 30.3 Å². The third-order valence-electron chi connectivity index (χ3n) is 3.37. The standard InChI is InChI=1S/C15H24N2/c1-15(2,3)11-17-9-13(14(16)10-17)12-7-5-4-6-8-12/h4-8,13-14H,9-11,16H2,1-3H3/t13-,14+/m0/s1. The number of benzene rings is 1. The SMILES string of the molecule is CC(C)(C)CN1C[C@@H](N)[C@H](c2ccccc2)C1. The molecule has 0 unspecified atom stereocenters. The lowest BCUT2D eigenvalue weighted by molar-refractivity contribution is 0.223. The van der Waals surface area contributed by atoms with Crippen molar-refractivity contribution in [2.45, 2.75) is 32.7 Å². The van der Waals surface area contributed by atoms with Crippen molar-refractivity contribution in [2.24, 2.45) is 11.1 Å². The van der Waals surface area contributed by atoms with Crippen molar-refractivity contribution < 1.29 is 0 Å². The van der Waals surface area contributed by atoms with Gasteiger partial charge in [0.05, 0.1) is 0 Å². The summed E-state index contributed by atoms with van der Waals surface area (Å²) in [4.78, 5) is 2.50. The monoisotopic (exact) mass is 232 g/mol. The van der Waals surface area contributed by atoms with Gasteiger partial charge in [0, 0.05) is 31.6 Å². The van der Waals surface area contributed by atoms with E-state index in [1.807, 2.05) is 0 Å². The highest BCUT2D eigenvalue weighted by Crippen LogP contribution is 2.28. The molecule has 2 atom stereocenters. The Morgan fingerprint density at radius 1 is 1.18 bits per heavy atom. The van der Waals surface area contributed by atoms with Gasteiger partial charge >= 0.3 is 0 Å². The van der Waals surface area contributed by atoms with Crippen LogP contribution < -0.4 is 5.73 Å². The number of rotatable bonds is 2. The van der Waals surface area contributed by atoms with E-state index in [9.17, 15) is 0 Å². The maximum Gasteiger partial charge on any atom is 0.0249 e. The quantitative estimate of drug-likeness (QED) is 0.848. The van der Waals surface area contributed by atoms with E-state index in [0.29, 0.717) is 11.3 Å². The summed E-state index contributed by atoms with van der Waals surface area (Å²) in [7, 11) is 0. The molecule has 0 aliphatic carbocycles. The Morgan fingerprint density at radius 2 is 1.82 bits per heavy atom. The molecule has 1 aliphatic heterocycles. The summed E-state index contributed by atoms with van der Waals surface area (Å²) >= 11 is 0. The molecule has 1 aromatic carbocycles. The third-order valence-corrected chi connectivity index (χ3v) is 3.37. The molecule has 2 N–H and O–H groups in total. The highest BCUT2D eigenvalue weighted by atomic mass is 15.2. The molecular weight excluding hydrogens is 208 g/mol. The number of nitrogens with zero attached hydrogens (tertiary/aromatic N) is 1. The van der Waals surface area contributed by atoms with Crippen LogP contribution in [0, 0.1) is 5.41 Å². The van der Waals surface area contributed by atoms with Crippen LogP contribution in [0.3, 0.4) is 0 Å². The molecule has 0 saturated carbocycles. The topological polar surface area (TPSA) is 29.3 Å². The fourth-order valence-electron chi connectivity index (χ4n) is 2.77. The van der Waals surface area contributed by atoms with Crippen molar-refractivity contribution in [3.63, 3.8) is 0 Å². The van der Waals surface area contributed by atoms with E-state index in [4.69, 9.17) is 5.73 Å². The Labute approximate surface area is 105 Å². The largest absolute Gasteiger partial charge is 0.326 e. The molecule has 0 aromatic heterocycles. The summed E-state index contributed by atoms with van der Waals surface area (Å²) < 4.78 is 0. The number of likely N-dealkylation sites (tertiary alicyclic amines) is 1. The summed E-state index contributed by atoms with van der Waals surface area (Å²) in [5.74, 6) is 0.499. The zero-order chi connectivity index (χ0) is 12.5. The lowest BCUT2D eigenvalue weighted by Gasteiger charge is -2.26. The highest BCUT2D eigenvalue weighted by Gasteiger charge is 2.32. The Kier molecular flexibility index (Phi) is 3.55. The summed E-state index contributed by atoms with van der Waals surface area (Å²) in [6.07, 6.45) is 0. The van der Waals surface area contributed by atoms with Gasteiger partial charge in [-0.3, -0.25) is 0 Å². The van der Waals surface area contributed by atoms with Gasteiger partial charge in [-0.15, -0.1) is 0 Å². The number of nitrogens with two attached hydrogens (primary N) is 1. The fourth-order valence-corrected chi connectivity index (χ4v) is 2.77. The van der Waals surface area contributed by atoms with Crippen LogP contribution in [-0.2, 0) is 0 Å². The van der Waals surface area contributed by atoms with Crippen LogP contribution in [-0.4, -0.2) is 30.6 Å². The first kappa shape index (κ1) is 12.6. The van der Waals surface area contributed by atoms with E-state index >= 15 is 0 Å². The lowest BCUT2D eigenvalue weighted by Crippen LogP contribution is -2.33. The van der Waals surface area contributed by atoms with Crippen LogP contribution in [0.1, 0.15) is 32.3 Å². The Morgan fingerprint density at radius 3 is 2.41 bits per heavy atom. The molecule has 2 nitrogen and oxygen atoms in total. The Hall–Kier alpha value is -0.860. The van der Waals surface area contributed by atoms with E-state index in [1.54, 1.807) is 0 Å². The van der Waals surface area contributed by atoms with Crippen molar-refractivity contribution in [3.8, 4) is 0 Å². The second-order valence-electron chi connectivity index (χ2n) is 6.44. The molecule has 0 bridgehead atoms. The molecule has 17 heavy (non-hydrogen) atoms. The molecule has 0 amide bonds. The predicted octanol–water partition coefficient (Wildman–Crippen LogP) is 2.46. The van der Waals surface area contributed by atoms with Gasteiger partial charge in [-0.2, -0.15) is 0 Å². The van der Waals surface area contributed by atoms with Gasteiger partial charge in [0.2, 0.25) is 0 Å². The molecule has 2 rings (SSSR count). The molecule has 0 spiro atoms. The number of hydrogen-bond acceptors (Lipinski definition) is 2. The van der Waals surface area contributed by atoms with Crippen molar-refractivity contribution >= 4 is 0 Å². The van der Waals surface area contributed by atoms with Crippen molar-refractivity contribution in [3.05, 3.63) is 35.9 Å². The minimum absolute atomic E-state index is 0.278. The molecule has 2 heteroatoms. The predicted molar refractivity (Wildman–Crippen MR) is 73.1 cm³/mol. The molecule has 1 saturated heterocycles. The van der Waals surface area contributed by atoms with E-state index in [2.05, 4.69) is 56.0 Å². The smallest absolute Gasteiger partial charge is 0.0249 e. The van der Waals surface area contributed by atoms with Crippen LogP contribution in [0.5, 0.6) is 0 Å². The second kappa shape index (κ2) is 4.79. The average Bonchev–Trinajstić information content (AvgIpc) is 2.58. The van der Waals surface area contributed by atoms with E-state index in [1.165, 1.54) is 5.56 Å². The van der Waals surface area contributed by atoms with E-state index in [-0.39, 0.29) is 6.04 Å². The summed E-state index contributed by atoms with van der Waals surface area (Å²) in [6.45, 7) is 10.1. The van der Waals surface area contributed by atoms with Gasteiger partial charge in [-0.05, 0) is 11.0 Å². The molecule has 94 valence electrons. The first-order valence-corrected chi connectivity index (χ1v) is 6.48. The first-order valence-electron chi connectivity index (χ1n) is 6.48. The van der Waals surface area contributed by atoms with Crippen molar-refractivity contribution in [1.29, 1.82) is 0 Å². The zero-order valence-electron chi connectivity index (χ0n) is 11.2. The normalized spacial score (nSPS) is 26.4. The van der Waals surface area contributed by atoms with E-state index < -0.39 is 0 Å². The second-order valence-corrected chi connectivity index (χ2v) is 6.44. The molecule has 1 aliphatic rings. The lowest BCUT2D eigenvalue weighted by atomic mass is 9.95. The van der Waals surface area contributed by atoms with Gasteiger partial charge < -0.3 is 10.6 Å². The van der Waals surface area contributed by atoms with Gasteiger partial charge in [0.15, 0.2) is 0 Å². The molecule has 1 aromatic rings. The minimum atomic E-state index is 0.278. The molecular formula is C15H24N2. The highest BCUT2D eigenvalue weighted by molar-refractivity contribution is 5.23. The van der Waals surface area contributed by atoms with Crippen molar-refractivity contribution in [1.82, 2.24) is 4.90 Å². The average molecular weight is 232 g/mol. The van der Waals surface area contributed by atoms with Gasteiger partial charge in [0.1, 0.15) is 0 Å². The summed E-state index contributed by atoms with van der Waals surface area (Å²) in [5.41, 5.74) is 8.02. The van der Waals surface area contributed by atoms with Crippen LogP contribution in [0.2, 0.25) is 0 Å². The van der Waals surface area contributed by atoms with Gasteiger partial charge in [0.25, 0.3) is 0 Å².